The third-order valence-corrected chi connectivity index (χ3v) is 2.47. The molecule has 0 aliphatic rings. The molecule has 3 N–H and O–H groups in total. The Morgan fingerprint density at radius 2 is 2.30 bits per heavy atom. The molecule has 2 rings (SSSR count). The molecule has 1 heterocycles. The van der Waals surface area contributed by atoms with Gasteiger partial charge in [-0.15, -0.1) is 0 Å². The zero-order valence-electron chi connectivity index (χ0n) is 10.5. The normalized spacial score (nSPS) is 10.2. The van der Waals surface area contributed by atoms with E-state index in [1.165, 1.54) is 18.2 Å². The molecule has 0 aliphatic heterocycles. The van der Waals surface area contributed by atoms with Crippen molar-refractivity contribution in [2.24, 2.45) is 0 Å². The Balaban J connectivity index is 2.17. The number of nitrogens with one attached hydrogen (secondary N) is 1. The lowest BCUT2D eigenvalue weighted by Crippen LogP contribution is -2.24. The molecule has 0 saturated carbocycles. The fourth-order valence-electron chi connectivity index (χ4n) is 1.62. The minimum absolute atomic E-state index is 0.00211. The molecule has 0 atom stereocenters. The Morgan fingerprint density at radius 3 is 2.90 bits per heavy atom. The van der Waals surface area contributed by atoms with Gasteiger partial charge in [0.1, 0.15) is 11.3 Å². The van der Waals surface area contributed by atoms with Crippen molar-refractivity contribution >= 4 is 17.3 Å². The van der Waals surface area contributed by atoms with E-state index in [0.29, 0.717) is 5.89 Å². The molecule has 0 spiro atoms. The van der Waals surface area contributed by atoms with Crippen LogP contribution in [0.25, 0.3) is 0 Å². The molecular weight excluding hydrogens is 266 g/mol. The second-order valence-electron chi connectivity index (χ2n) is 3.91. The van der Waals surface area contributed by atoms with Crippen LogP contribution >= 0.6 is 0 Å². The number of aryl methyl sites for hydroxylation is 1. The Morgan fingerprint density at radius 1 is 1.55 bits per heavy atom. The van der Waals surface area contributed by atoms with Crippen molar-refractivity contribution in [3.63, 3.8) is 0 Å². The number of nitrogens with zero attached hydrogens (tertiary/aromatic N) is 3. The fraction of sp³-hybridized carbons (Fsp3) is 0.182. The highest BCUT2D eigenvalue weighted by Gasteiger charge is 2.23. The van der Waals surface area contributed by atoms with Gasteiger partial charge in [-0.3, -0.25) is 14.9 Å². The third kappa shape index (κ3) is 2.71. The first-order valence-corrected chi connectivity index (χ1v) is 5.59. The van der Waals surface area contributed by atoms with Crippen LogP contribution in [0.5, 0.6) is 0 Å². The number of carbonyl (C=O) groups excluding carboxylic acids is 1. The number of hydrogen-bond donors (Lipinski definition) is 2. The lowest BCUT2D eigenvalue weighted by Gasteiger charge is -2.05. The highest BCUT2D eigenvalue weighted by molar-refractivity contribution is 6.00. The predicted molar refractivity (Wildman–Crippen MR) is 67.7 cm³/mol. The van der Waals surface area contributed by atoms with Crippen LogP contribution < -0.4 is 11.1 Å². The molecule has 0 aliphatic carbocycles. The number of nitro groups is 1. The van der Waals surface area contributed by atoms with E-state index >= 15 is 0 Å². The van der Waals surface area contributed by atoms with Gasteiger partial charge < -0.3 is 15.6 Å². The van der Waals surface area contributed by atoms with Crippen molar-refractivity contribution in [3.8, 4) is 0 Å². The van der Waals surface area contributed by atoms with E-state index in [0.717, 1.165) is 0 Å². The number of rotatable bonds is 4. The molecule has 104 valence electrons. The van der Waals surface area contributed by atoms with E-state index in [1.54, 1.807) is 6.92 Å². The van der Waals surface area contributed by atoms with Gasteiger partial charge in [0, 0.05) is 6.92 Å². The van der Waals surface area contributed by atoms with Gasteiger partial charge in [-0.2, -0.15) is 4.98 Å². The predicted octanol–water partition coefficient (Wildman–Crippen LogP) is 0.798. The van der Waals surface area contributed by atoms with Gasteiger partial charge in [0.25, 0.3) is 5.91 Å². The second-order valence-corrected chi connectivity index (χ2v) is 3.91. The number of nitrogen functional groups attached to an aromatic ring is 1. The summed E-state index contributed by atoms with van der Waals surface area (Å²) in [7, 11) is 0. The number of carbonyl (C=O) groups is 1. The summed E-state index contributed by atoms with van der Waals surface area (Å²) in [4.78, 5) is 26.1. The molecule has 1 aromatic carbocycles. The number of aromatic nitrogens is 2. The van der Waals surface area contributed by atoms with Crippen molar-refractivity contribution in [1.82, 2.24) is 15.5 Å². The van der Waals surface area contributed by atoms with Gasteiger partial charge in [-0.05, 0) is 12.1 Å². The lowest BCUT2D eigenvalue weighted by molar-refractivity contribution is -0.384. The Bertz CT molecular complexity index is 667. The summed E-state index contributed by atoms with van der Waals surface area (Å²) < 4.78 is 4.74. The molecule has 0 radical (unpaired) electrons. The van der Waals surface area contributed by atoms with Gasteiger partial charge in [-0.25, -0.2) is 0 Å². The number of nitro benzene ring substituents is 1. The minimum Gasteiger partial charge on any atom is -0.393 e. The lowest BCUT2D eigenvalue weighted by atomic mass is 10.1. The van der Waals surface area contributed by atoms with E-state index in [4.69, 9.17) is 10.3 Å². The minimum atomic E-state index is -0.692. The van der Waals surface area contributed by atoms with Crippen LogP contribution in [-0.2, 0) is 6.54 Å². The summed E-state index contributed by atoms with van der Waals surface area (Å²) >= 11 is 0. The van der Waals surface area contributed by atoms with Crippen LogP contribution in [-0.4, -0.2) is 21.0 Å². The smallest absolute Gasteiger partial charge is 0.304 e. The van der Waals surface area contributed by atoms with Crippen LogP contribution in [0.15, 0.2) is 22.7 Å². The fourth-order valence-corrected chi connectivity index (χ4v) is 1.62. The quantitative estimate of drug-likeness (QED) is 0.478. The molecule has 0 saturated heterocycles. The number of benzene rings is 1. The standard InChI is InChI=1S/C11H11N5O4/c1-6-14-9(15-20-6)5-13-11(17)7-3-2-4-8(12)10(7)16(18)19/h2-4H,5,12H2,1H3,(H,13,17). The molecule has 2 aromatic rings. The zero-order chi connectivity index (χ0) is 14.7. The van der Waals surface area contributed by atoms with Crippen LogP contribution in [0.4, 0.5) is 11.4 Å². The first-order chi connectivity index (χ1) is 9.49. The van der Waals surface area contributed by atoms with Crippen LogP contribution in [0.1, 0.15) is 22.1 Å². The third-order valence-electron chi connectivity index (χ3n) is 2.47. The van der Waals surface area contributed by atoms with Gasteiger partial charge >= 0.3 is 5.69 Å². The number of hydrogen-bond acceptors (Lipinski definition) is 7. The molecule has 9 heteroatoms. The highest BCUT2D eigenvalue weighted by Crippen LogP contribution is 2.25. The molecule has 1 aromatic heterocycles. The maximum absolute atomic E-state index is 11.9. The Hall–Kier alpha value is -2.97. The monoisotopic (exact) mass is 277 g/mol. The molecular formula is C11H11N5O4. The number of anilines is 1. The average Bonchev–Trinajstić information content (AvgIpc) is 2.81. The van der Waals surface area contributed by atoms with Gasteiger partial charge in [-0.1, -0.05) is 11.2 Å². The molecule has 20 heavy (non-hydrogen) atoms. The molecule has 9 nitrogen and oxygen atoms in total. The summed E-state index contributed by atoms with van der Waals surface area (Å²) in [6.07, 6.45) is 0. The molecule has 1 amide bonds. The SMILES string of the molecule is Cc1nc(CNC(=O)c2cccc(N)c2[N+](=O)[O-])no1. The molecule has 0 bridgehead atoms. The van der Waals surface area contributed by atoms with Crippen molar-refractivity contribution in [1.29, 1.82) is 0 Å². The van der Waals surface area contributed by atoms with Crippen LogP contribution in [0.3, 0.4) is 0 Å². The van der Waals surface area contributed by atoms with E-state index < -0.39 is 16.5 Å². The van der Waals surface area contributed by atoms with Gasteiger partial charge in [0.2, 0.25) is 5.89 Å². The summed E-state index contributed by atoms with van der Waals surface area (Å²) in [5, 5.41) is 17.0. The maximum atomic E-state index is 11.9. The first kappa shape index (κ1) is 13.5. The number of nitrogens with two attached hydrogens (primary N) is 1. The number of amides is 1. The van der Waals surface area contributed by atoms with Gasteiger partial charge in [0.05, 0.1) is 11.5 Å². The van der Waals surface area contributed by atoms with Crippen molar-refractivity contribution in [3.05, 3.63) is 45.6 Å². The summed E-state index contributed by atoms with van der Waals surface area (Å²) in [6.45, 7) is 1.61. The van der Waals surface area contributed by atoms with Crippen LogP contribution in [0.2, 0.25) is 0 Å². The second kappa shape index (κ2) is 5.34. The summed E-state index contributed by atoms with van der Waals surface area (Å²) in [6, 6.07) is 4.15. The molecule has 0 fully saturated rings. The van der Waals surface area contributed by atoms with Crippen molar-refractivity contribution in [2.75, 3.05) is 5.73 Å². The maximum Gasteiger partial charge on any atom is 0.304 e. The molecule has 0 unspecified atom stereocenters. The number of para-hydroxylation sites is 1. The largest absolute Gasteiger partial charge is 0.393 e. The summed E-state index contributed by atoms with van der Waals surface area (Å²) in [5.74, 6) is 0.0121. The van der Waals surface area contributed by atoms with E-state index in [1.807, 2.05) is 0 Å². The Kier molecular flexibility index (Phi) is 3.60. The topological polar surface area (TPSA) is 137 Å². The first-order valence-electron chi connectivity index (χ1n) is 5.59. The average molecular weight is 277 g/mol. The summed E-state index contributed by atoms with van der Waals surface area (Å²) in [5.41, 5.74) is 4.90. The van der Waals surface area contributed by atoms with Crippen molar-refractivity contribution in [2.45, 2.75) is 13.5 Å². The van der Waals surface area contributed by atoms with E-state index in [9.17, 15) is 14.9 Å². The highest BCUT2D eigenvalue weighted by atomic mass is 16.6. The van der Waals surface area contributed by atoms with E-state index in [-0.39, 0.29) is 23.6 Å². The van der Waals surface area contributed by atoms with E-state index in [2.05, 4.69) is 15.5 Å². The Labute approximate surface area is 112 Å². The van der Waals surface area contributed by atoms with Gasteiger partial charge in [0.15, 0.2) is 5.82 Å². The zero-order valence-corrected chi connectivity index (χ0v) is 10.5. The van der Waals surface area contributed by atoms with Crippen molar-refractivity contribution < 1.29 is 14.2 Å². The van der Waals surface area contributed by atoms with Crippen LogP contribution in [0, 0.1) is 17.0 Å².